The van der Waals surface area contributed by atoms with E-state index in [1.165, 1.54) is 6.07 Å². The van der Waals surface area contributed by atoms with Crippen LogP contribution in [0.1, 0.15) is 25.8 Å². The first kappa shape index (κ1) is 15.2. The zero-order chi connectivity index (χ0) is 13.7. The molecule has 0 aliphatic carbocycles. The van der Waals surface area contributed by atoms with Crippen molar-refractivity contribution in [2.45, 2.75) is 32.7 Å². The second kappa shape index (κ2) is 6.95. The molecule has 0 fully saturated rings. The molecule has 0 saturated heterocycles. The lowest BCUT2D eigenvalue weighted by atomic mass is 10.1. The number of carbonyl (C=O) groups excluding carboxylic acids is 1. The van der Waals surface area contributed by atoms with Gasteiger partial charge in [-0.15, -0.1) is 0 Å². The van der Waals surface area contributed by atoms with Crippen LogP contribution in [0.2, 0.25) is 0 Å². The van der Waals surface area contributed by atoms with Crippen molar-refractivity contribution in [1.29, 1.82) is 0 Å². The first-order valence-corrected chi connectivity index (χ1v) is 6.58. The fourth-order valence-corrected chi connectivity index (χ4v) is 1.89. The molecule has 18 heavy (non-hydrogen) atoms. The van der Waals surface area contributed by atoms with Gasteiger partial charge in [0.1, 0.15) is 17.4 Å². The Kier molecular flexibility index (Phi) is 5.88. The molecule has 5 heteroatoms. The first-order valence-electron chi connectivity index (χ1n) is 5.79. The Morgan fingerprint density at radius 1 is 1.39 bits per heavy atom. The normalized spacial score (nSPS) is 11.0. The topological polar surface area (TPSA) is 29.1 Å². The Balaban J connectivity index is 2.62. The summed E-state index contributed by atoms with van der Waals surface area (Å²) in [6, 6.07) is 2.73. The third-order valence-corrected chi connectivity index (χ3v) is 3.08. The van der Waals surface area contributed by atoms with E-state index in [2.05, 4.69) is 21.2 Å². The average molecular weight is 320 g/mol. The predicted molar refractivity (Wildman–Crippen MR) is 70.5 cm³/mol. The molecule has 0 aliphatic rings. The number of Topliss-reactive ketones (excluding diaryl/α,β-unsaturated/α-hetero) is 1. The number of ketones is 1. The van der Waals surface area contributed by atoms with Crippen molar-refractivity contribution in [3.05, 3.63) is 33.8 Å². The van der Waals surface area contributed by atoms with E-state index < -0.39 is 11.6 Å². The van der Waals surface area contributed by atoms with Crippen molar-refractivity contribution < 1.29 is 13.6 Å². The van der Waals surface area contributed by atoms with Crippen LogP contribution in [0.5, 0.6) is 0 Å². The van der Waals surface area contributed by atoms with Gasteiger partial charge in [-0.25, -0.2) is 8.78 Å². The van der Waals surface area contributed by atoms with E-state index in [4.69, 9.17) is 0 Å². The summed E-state index contributed by atoms with van der Waals surface area (Å²) in [4.78, 5) is 11.6. The largest absolute Gasteiger partial charge is 0.314 e. The summed E-state index contributed by atoms with van der Waals surface area (Å²) < 4.78 is 27.2. The highest BCUT2D eigenvalue weighted by Crippen LogP contribution is 2.22. The van der Waals surface area contributed by atoms with Gasteiger partial charge in [-0.1, -0.05) is 13.8 Å². The van der Waals surface area contributed by atoms with Gasteiger partial charge in [0.15, 0.2) is 0 Å². The molecule has 0 amide bonds. The zero-order valence-electron chi connectivity index (χ0n) is 10.4. The van der Waals surface area contributed by atoms with Crippen LogP contribution in [-0.2, 0) is 11.2 Å². The molecule has 1 N–H and O–H groups in total. The van der Waals surface area contributed by atoms with E-state index in [0.717, 1.165) is 6.07 Å². The summed E-state index contributed by atoms with van der Waals surface area (Å²) in [6.07, 6.45) is 0.0560. The number of carbonyl (C=O) groups is 1. The highest BCUT2D eigenvalue weighted by atomic mass is 79.9. The van der Waals surface area contributed by atoms with Crippen LogP contribution in [0.4, 0.5) is 8.78 Å². The Morgan fingerprint density at radius 3 is 2.67 bits per heavy atom. The Hall–Kier alpha value is -0.810. The number of halogens is 3. The summed E-state index contributed by atoms with van der Waals surface area (Å²) in [6.45, 7) is 4.46. The predicted octanol–water partition coefficient (Wildman–Crippen LogP) is 3.23. The van der Waals surface area contributed by atoms with E-state index in [9.17, 15) is 13.6 Å². The van der Waals surface area contributed by atoms with Gasteiger partial charge in [-0.3, -0.25) is 4.79 Å². The molecule has 0 bridgehead atoms. The number of rotatable bonds is 6. The third-order valence-electron chi connectivity index (χ3n) is 2.47. The molecule has 0 unspecified atom stereocenters. The summed E-state index contributed by atoms with van der Waals surface area (Å²) in [5.74, 6) is -1.56. The van der Waals surface area contributed by atoms with E-state index in [1.54, 1.807) is 0 Å². The lowest BCUT2D eigenvalue weighted by Crippen LogP contribution is -2.26. The molecule has 1 aromatic rings. The lowest BCUT2D eigenvalue weighted by Gasteiger charge is -2.08. The van der Waals surface area contributed by atoms with Crippen LogP contribution >= 0.6 is 15.9 Å². The number of hydrogen-bond donors (Lipinski definition) is 1. The van der Waals surface area contributed by atoms with Gasteiger partial charge >= 0.3 is 0 Å². The van der Waals surface area contributed by atoms with E-state index in [0.29, 0.717) is 6.54 Å². The summed E-state index contributed by atoms with van der Waals surface area (Å²) in [5, 5.41) is 3.09. The van der Waals surface area contributed by atoms with Crippen molar-refractivity contribution in [1.82, 2.24) is 5.32 Å². The quantitative estimate of drug-likeness (QED) is 0.816. The zero-order valence-corrected chi connectivity index (χ0v) is 12.0. The van der Waals surface area contributed by atoms with Crippen LogP contribution in [0.3, 0.4) is 0 Å². The van der Waals surface area contributed by atoms with Crippen LogP contribution < -0.4 is 5.32 Å². The molecule has 0 radical (unpaired) electrons. The van der Waals surface area contributed by atoms with E-state index in [-0.39, 0.29) is 34.7 Å². The maximum Gasteiger partial charge on any atom is 0.143 e. The Morgan fingerprint density at radius 2 is 2.06 bits per heavy atom. The van der Waals surface area contributed by atoms with Crippen molar-refractivity contribution in [3.63, 3.8) is 0 Å². The SMILES string of the molecule is CC(C)NCCC(=O)Cc1c(F)ccc(Br)c1F. The van der Waals surface area contributed by atoms with Gasteiger partial charge in [0, 0.05) is 31.0 Å². The van der Waals surface area contributed by atoms with Crippen LogP contribution in [0.25, 0.3) is 0 Å². The maximum atomic E-state index is 13.6. The maximum absolute atomic E-state index is 13.6. The first-order chi connectivity index (χ1) is 8.41. The lowest BCUT2D eigenvalue weighted by molar-refractivity contribution is -0.118. The van der Waals surface area contributed by atoms with Crippen molar-refractivity contribution >= 4 is 21.7 Å². The average Bonchev–Trinajstić information content (AvgIpc) is 2.29. The fraction of sp³-hybridized carbons (Fsp3) is 0.462. The summed E-state index contributed by atoms with van der Waals surface area (Å²) >= 11 is 2.98. The van der Waals surface area contributed by atoms with Crippen molar-refractivity contribution in [3.8, 4) is 0 Å². The molecular weight excluding hydrogens is 304 g/mol. The van der Waals surface area contributed by atoms with Gasteiger partial charge in [0.25, 0.3) is 0 Å². The highest BCUT2D eigenvalue weighted by molar-refractivity contribution is 9.10. The highest BCUT2D eigenvalue weighted by Gasteiger charge is 2.15. The smallest absolute Gasteiger partial charge is 0.143 e. The summed E-state index contributed by atoms with van der Waals surface area (Å²) in [7, 11) is 0. The molecule has 0 aliphatic heterocycles. The van der Waals surface area contributed by atoms with Crippen molar-refractivity contribution in [2.75, 3.05) is 6.54 Å². The molecule has 1 aromatic carbocycles. The molecule has 0 saturated carbocycles. The number of benzene rings is 1. The third kappa shape index (κ3) is 4.46. The van der Waals surface area contributed by atoms with Gasteiger partial charge in [-0.05, 0) is 28.1 Å². The monoisotopic (exact) mass is 319 g/mol. The van der Waals surface area contributed by atoms with E-state index in [1.807, 2.05) is 13.8 Å². The van der Waals surface area contributed by atoms with Crippen LogP contribution in [0, 0.1) is 11.6 Å². The fourth-order valence-electron chi connectivity index (χ4n) is 1.52. The summed E-state index contributed by atoms with van der Waals surface area (Å²) in [5.41, 5.74) is -0.168. The van der Waals surface area contributed by atoms with Gasteiger partial charge in [-0.2, -0.15) is 0 Å². The van der Waals surface area contributed by atoms with Crippen molar-refractivity contribution in [2.24, 2.45) is 0 Å². The second-order valence-corrected chi connectivity index (χ2v) is 5.25. The Bertz CT molecular complexity index is 435. The van der Waals surface area contributed by atoms with Crippen LogP contribution in [0.15, 0.2) is 16.6 Å². The Labute approximate surface area is 114 Å². The molecule has 0 heterocycles. The minimum atomic E-state index is -0.694. The standard InChI is InChI=1S/C13H16BrF2NO/c1-8(2)17-6-5-9(18)7-10-12(15)4-3-11(14)13(10)16/h3-4,8,17H,5-7H2,1-2H3. The second-order valence-electron chi connectivity index (χ2n) is 4.40. The van der Waals surface area contributed by atoms with Crippen LogP contribution in [-0.4, -0.2) is 18.4 Å². The molecular formula is C13H16BrF2NO. The number of hydrogen-bond acceptors (Lipinski definition) is 2. The molecule has 100 valence electrons. The molecule has 2 nitrogen and oxygen atoms in total. The molecule has 1 rings (SSSR count). The molecule has 0 spiro atoms. The van der Waals surface area contributed by atoms with Gasteiger partial charge < -0.3 is 5.32 Å². The number of nitrogens with one attached hydrogen (secondary N) is 1. The minimum absolute atomic E-state index is 0.168. The van der Waals surface area contributed by atoms with Gasteiger partial charge in [0.2, 0.25) is 0 Å². The van der Waals surface area contributed by atoms with E-state index >= 15 is 0 Å². The molecule has 0 aromatic heterocycles. The minimum Gasteiger partial charge on any atom is -0.314 e. The van der Waals surface area contributed by atoms with Gasteiger partial charge in [0.05, 0.1) is 4.47 Å². The molecule has 0 atom stereocenters.